The number of nitrogens with one attached hydrogen (secondary N) is 1. The summed E-state index contributed by atoms with van der Waals surface area (Å²) in [4.78, 5) is 26.7. The number of carboxylic acids is 1. The lowest BCUT2D eigenvalue weighted by atomic mass is 9.99. The number of hydrogen-bond acceptors (Lipinski definition) is 3. The fourth-order valence-corrected chi connectivity index (χ4v) is 2.19. The number of carboxylic acid groups (broad SMARTS) is 1. The molecule has 6 nitrogen and oxygen atoms in total. The molecule has 0 aromatic rings. The zero-order chi connectivity index (χ0) is 14.4. The molecule has 0 aliphatic carbocycles. The molecule has 2 N–H and O–H groups in total. The topological polar surface area (TPSA) is 72.9 Å². The van der Waals surface area contributed by atoms with Gasteiger partial charge in [-0.2, -0.15) is 0 Å². The molecule has 1 fully saturated rings. The first kappa shape index (κ1) is 15.8. The maximum Gasteiger partial charge on any atom is 0.317 e. The Morgan fingerprint density at radius 3 is 2.74 bits per heavy atom. The van der Waals surface area contributed by atoms with E-state index in [1.54, 1.807) is 4.90 Å². The van der Waals surface area contributed by atoms with Crippen molar-refractivity contribution in [1.82, 2.24) is 15.1 Å². The molecule has 0 aromatic heterocycles. The Morgan fingerprint density at radius 2 is 2.16 bits per heavy atom. The van der Waals surface area contributed by atoms with Crippen LogP contribution in [0.15, 0.2) is 0 Å². The van der Waals surface area contributed by atoms with E-state index in [1.165, 1.54) is 0 Å². The van der Waals surface area contributed by atoms with Crippen LogP contribution in [0.25, 0.3) is 0 Å². The number of urea groups is 1. The van der Waals surface area contributed by atoms with Crippen LogP contribution in [-0.4, -0.2) is 66.7 Å². The predicted molar refractivity (Wildman–Crippen MR) is 73.1 cm³/mol. The largest absolute Gasteiger partial charge is 0.481 e. The van der Waals surface area contributed by atoms with Crippen molar-refractivity contribution in [2.24, 2.45) is 5.92 Å². The first-order valence-electron chi connectivity index (χ1n) is 6.83. The molecule has 0 saturated carbocycles. The van der Waals surface area contributed by atoms with Gasteiger partial charge in [0.25, 0.3) is 0 Å². The Balaban J connectivity index is 2.38. The maximum absolute atomic E-state index is 12.0. The SMILES string of the molecule is CC(CCN(C)C)NC(=O)N1CCCC(C(=O)O)C1. The number of likely N-dealkylation sites (tertiary alicyclic amines) is 1. The van der Waals surface area contributed by atoms with Crippen molar-refractivity contribution < 1.29 is 14.7 Å². The second kappa shape index (κ2) is 7.33. The Bertz CT molecular complexity index is 320. The van der Waals surface area contributed by atoms with Crippen LogP contribution in [0.1, 0.15) is 26.2 Å². The Labute approximate surface area is 114 Å². The molecule has 1 saturated heterocycles. The fraction of sp³-hybridized carbons (Fsp3) is 0.846. The van der Waals surface area contributed by atoms with Crippen molar-refractivity contribution in [2.45, 2.75) is 32.2 Å². The lowest BCUT2D eigenvalue weighted by molar-refractivity contribution is -0.143. The van der Waals surface area contributed by atoms with Gasteiger partial charge in [0.2, 0.25) is 0 Å². The van der Waals surface area contributed by atoms with Crippen molar-refractivity contribution in [2.75, 3.05) is 33.7 Å². The van der Waals surface area contributed by atoms with Crippen molar-refractivity contribution in [3.63, 3.8) is 0 Å². The molecule has 1 rings (SSSR count). The van der Waals surface area contributed by atoms with Crippen LogP contribution in [-0.2, 0) is 4.79 Å². The van der Waals surface area contributed by atoms with E-state index in [1.807, 2.05) is 21.0 Å². The molecular weight excluding hydrogens is 246 g/mol. The number of carbonyl (C=O) groups excluding carboxylic acids is 1. The van der Waals surface area contributed by atoms with Crippen molar-refractivity contribution in [1.29, 1.82) is 0 Å². The van der Waals surface area contributed by atoms with E-state index < -0.39 is 11.9 Å². The average Bonchev–Trinajstić information content (AvgIpc) is 2.36. The zero-order valence-corrected chi connectivity index (χ0v) is 12.1. The highest BCUT2D eigenvalue weighted by molar-refractivity contribution is 5.76. The summed E-state index contributed by atoms with van der Waals surface area (Å²) < 4.78 is 0. The molecule has 0 spiro atoms. The molecule has 19 heavy (non-hydrogen) atoms. The van der Waals surface area contributed by atoms with Gasteiger partial charge in [0.15, 0.2) is 0 Å². The third-order valence-electron chi connectivity index (χ3n) is 3.44. The van der Waals surface area contributed by atoms with E-state index in [9.17, 15) is 9.59 Å². The van der Waals surface area contributed by atoms with Gasteiger partial charge < -0.3 is 20.2 Å². The molecule has 0 aromatic carbocycles. The molecule has 0 radical (unpaired) electrons. The number of carbonyl (C=O) groups is 2. The smallest absolute Gasteiger partial charge is 0.317 e. The molecule has 2 unspecified atom stereocenters. The highest BCUT2D eigenvalue weighted by Crippen LogP contribution is 2.16. The van der Waals surface area contributed by atoms with Crippen LogP contribution in [0.4, 0.5) is 4.79 Å². The van der Waals surface area contributed by atoms with E-state index in [0.717, 1.165) is 19.4 Å². The fourth-order valence-electron chi connectivity index (χ4n) is 2.19. The lowest BCUT2D eigenvalue weighted by Gasteiger charge is -2.31. The predicted octanol–water partition coefficient (Wildman–Crippen LogP) is 0.833. The van der Waals surface area contributed by atoms with Crippen LogP contribution in [0.5, 0.6) is 0 Å². The molecule has 1 aliphatic rings. The normalized spacial score (nSPS) is 21.3. The van der Waals surface area contributed by atoms with E-state index in [-0.39, 0.29) is 12.1 Å². The summed E-state index contributed by atoms with van der Waals surface area (Å²) in [6, 6.07) is -0.0442. The van der Waals surface area contributed by atoms with Gasteiger partial charge in [0, 0.05) is 19.1 Å². The number of rotatable bonds is 5. The summed E-state index contributed by atoms with van der Waals surface area (Å²) in [5.41, 5.74) is 0. The van der Waals surface area contributed by atoms with E-state index in [4.69, 9.17) is 5.11 Å². The van der Waals surface area contributed by atoms with Gasteiger partial charge >= 0.3 is 12.0 Å². The monoisotopic (exact) mass is 271 g/mol. The highest BCUT2D eigenvalue weighted by Gasteiger charge is 2.28. The van der Waals surface area contributed by atoms with Gasteiger partial charge in [-0.1, -0.05) is 0 Å². The van der Waals surface area contributed by atoms with Gasteiger partial charge in [0.05, 0.1) is 5.92 Å². The van der Waals surface area contributed by atoms with Crippen LogP contribution in [0, 0.1) is 5.92 Å². The Morgan fingerprint density at radius 1 is 1.47 bits per heavy atom. The summed E-state index contributed by atoms with van der Waals surface area (Å²) in [5, 5.41) is 11.9. The zero-order valence-electron chi connectivity index (χ0n) is 12.1. The summed E-state index contributed by atoms with van der Waals surface area (Å²) in [6.07, 6.45) is 2.31. The third kappa shape index (κ3) is 5.46. The van der Waals surface area contributed by atoms with Crippen LogP contribution in [0.3, 0.4) is 0 Å². The first-order valence-corrected chi connectivity index (χ1v) is 6.83. The summed E-state index contributed by atoms with van der Waals surface area (Å²) >= 11 is 0. The van der Waals surface area contributed by atoms with Crippen LogP contribution in [0.2, 0.25) is 0 Å². The molecule has 2 atom stereocenters. The van der Waals surface area contributed by atoms with Gasteiger partial charge in [-0.25, -0.2) is 4.79 Å². The van der Waals surface area contributed by atoms with Gasteiger partial charge in [0.1, 0.15) is 0 Å². The number of piperidine rings is 1. The standard InChI is InChI=1S/C13H25N3O3/c1-10(6-8-15(2)3)14-13(19)16-7-4-5-11(9-16)12(17)18/h10-11H,4-9H2,1-3H3,(H,14,19)(H,17,18). The molecular formula is C13H25N3O3. The minimum Gasteiger partial charge on any atom is -0.481 e. The Hall–Kier alpha value is -1.30. The van der Waals surface area contributed by atoms with Crippen molar-refractivity contribution in [3.05, 3.63) is 0 Å². The van der Waals surface area contributed by atoms with E-state index in [2.05, 4.69) is 10.2 Å². The van der Waals surface area contributed by atoms with E-state index in [0.29, 0.717) is 19.5 Å². The molecule has 1 aliphatic heterocycles. The second-order valence-electron chi connectivity index (χ2n) is 5.57. The number of aliphatic carboxylic acids is 1. The minimum atomic E-state index is -0.807. The highest BCUT2D eigenvalue weighted by atomic mass is 16.4. The van der Waals surface area contributed by atoms with Gasteiger partial charge in [-0.15, -0.1) is 0 Å². The molecule has 1 heterocycles. The van der Waals surface area contributed by atoms with Crippen molar-refractivity contribution >= 4 is 12.0 Å². The maximum atomic E-state index is 12.0. The second-order valence-corrected chi connectivity index (χ2v) is 5.57. The summed E-state index contributed by atoms with van der Waals surface area (Å²) in [7, 11) is 3.99. The number of nitrogens with zero attached hydrogens (tertiary/aromatic N) is 2. The minimum absolute atomic E-state index is 0.0973. The molecule has 6 heteroatoms. The lowest BCUT2D eigenvalue weighted by Crippen LogP contribution is -2.49. The first-order chi connectivity index (χ1) is 8.90. The number of amides is 2. The molecule has 2 amide bonds. The summed E-state index contributed by atoms with van der Waals surface area (Å²) in [6.45, 7) is 3.86. The number of hydrogen-bond donors (Lipinski definition) is 2. The summed E-state index contributed by atoms with van der Waals surface area (Å²) in [5.74, 6) is -1.23. The van der Waals surface area contributed by atoms with E-state index >= 15 is 0 Å². The molecule has 110 valence electrons. The quantitative estimate of drug-likeness (QED) is 0.777. The Kier molecular flexibility index (Phi) is 6.08. The third-order valence-corrected chi connectivity index (χ3v) is 3.44. The average molecular weight is 271 g/mol. The molecule has 0 bridgehead atoms. The van der Waals surface area contributed by atoms with Crippen LogP contribution < -0.4 is 5.32 Å². The van der Waals surface area contributed by atoms with Crippen LogP contribution >= 0.6 is 0 Å². The van der Waals surface area contributed by atoms with Crippen molar-refractivity contribution in [3.8, 4) is 0 Å². The van der Waals surface area contributed by atoms with Gasteiger partial charge in [-0.05, 0) is 46.8 Å². The van der Waals surface area contributed by atoms with Gasteiger partial charge in [-0.3, -0.25) is 4.79 Å².